The number of rotatable bonds is 5. The molecule has 2 aromatic heterocycles. The summed E-state index contributed by atoms with van der Waals surface area (Å²) >= 11 is 0. The molecule has 0 saturated carbocycles. The molecule has 0 saturated heterocycles. The summed E-state index contributed by atoms with van der Waals surface area (Å²) in [5.41, 5.74) is 1.43. The Morgan fingerprint density at radius 3 is 2.86 bits per heavy atom. The van der Waals surface area contributed by atoms with Crippen LogP contribution in [-0.2, 0) is 6.54 Å². The molecule has 7 nitrogen and oxygen atoms in total. The van der Waals surface area contributed by atoms with Crippen LogP contribution in [0.4, 0.5) is 5.69 Å². The van der Waals surface area contributed by atoms with Crippen molar-refractivity contribution in [1.82, 2.24) is 9.55 Å². The van der Waals surface area contributed by atoms with Gasteiger partial charge in [0.2, 0.25) is 5.88 Å². The Bertz CT molecular complexity index is 1130. The van der Waals surface area contributed by atoms with Gasteiger partial charge in [-0.1, -0.05) is 12.1 Å². The van der Waals surface area contributed by atoms with E-state index in [1.807, 2.05) is 6.07 Å². The van der Waals surface area contributed by atoms with Gasteiger partial charge in [-0.25, -0.2) is 0 Å². The number of ether oxygens (including phenoxy) is 1. The molecule has 0 bridgehead atoms. The van der Waals surface area contributed by atoms with Gasteiger partial charge in [-0.3, -0.25) is 19.3 Å². The molecule has 0 unspecified atom stereocenters. The minimum Gasteiger partial charge on any atom is -0.497 e. The Morgan fingerprint density at radius 1 is 1.36 bits per heavy atom. The highest BCUT2D eigenvalue weighted by atomic mass is 16.5. The van der Waals surface area contributed by atoms with E-state index in [-0.39, 0.29) is 18.0 Å². The van der Waals surface area contributed by atoms with Crippen LogP contribution >= 0.6 is 0 Å². The molecule has 0 fully saturated rings. The number of aromatic nitrogens is 2. The number of aliphatic imine (C=N–C) groups is 1. The van der Waals surface area contributed by atoms with E-state index in [2.05, 4.69) is 9.98 Å². The minimum absolute atomic E-state index is 0.0335. The smallest absolute Gasteiger partial charge is 0.271 e. The fourth-order valence-corrected chi connectivity index (χ4v) is 2.78. The van der Waals surface area contributed by atoms with Crippen LogP contribution in [0.1, 0.15) is 22.3 Å². The predicted molar refractivity (Wildman–Crippen MR) is 105 cm³/mol. The van der Waals surface area contributed by atoms with Crippen molar-refractivity contribution in [3.63, 3.8) is 0 Å². The first-order valence-corrected chi connectivity index (χ1v) is 8.48. The Morgan fingerprint density at radius 2 is 2.18 bits per heavy atom. The molecular formula is C21H18N4O3. The van der Waals surface area contributed by atoms with E-state index >= 15 is 0 Å². The van der Waals surface area contributed by atoms with E-state index < -0.39 is 5.56 Å². The molecule has 3 rings (SSSR count). The molecule has 140 valence electrons. The number of hydrogen-bond donors (Lipinski definition) is 1. The molecule has 0 atom stereocenters. The lowest BCUT2D eigenvalue weighted by Crippen LogP contribution is -2.26. The summed E-state index contributed by atoms with van der Waals surface area (Å²) in [4.78, 5) is 21.0. The zero-order chi connectivity index (χ0) is 20.1. The molecule has 0 radical (unpaired) electrons. The van der Waals surface area contributed by atoms with Gasteiger partial charge in [-0.2, -0.15) is 5.26 Å². The SMILES string of the molecule is COc1cccc(N=Cc2c(C)c(C#N)c(=O)n(Cc3cccnc3)c2O)c1. The third kappa shape index (κ3) is 3.76. The second-order valence-electron chi connectivity index (χ2n) is 6.06. The maximum absolute atomic E-state index is 12.7. The lowest BCUT2D eigenvalue weighted by atomic mass is 10.1. The number of hydrogen-bond acceptors (Lipinski definition) is 6. The molecule has 0 aliphatic carbocycles. The number of benzene rings is 1. The molecule has 28 heavy (non-hydrogen) atoms. The summed E-state index contributed by atoms with van der Waals surface area (Å²) in [5, 5.41) is 20.2. The van der Waals surface area contributed by atoms with Crippen molar-refractivity contribution >= 4 is 11.9 Å². The molecular weight excluding hydrogens is 356 g/mol. The maximum Gasteiger partial charge on any atom is 0.271 e. The van der Waals surface area contributed by atoms with Crippen molar-refractivity contribution in [2.24, 2.45) is 4.99 Å². The molecule has 1 aromatic carbocycles. The number of aromatic hydroxyl groups is 1. The first-order chi connectivity index (χ1) is 13.5. The first-order valence-electron chi connectivity index (χ1n) is 8.48. The Hall–Kier alpha value is -3.92. The monoisotopic (exact) mass is 374 g/mol. The third-order valence-corrected chi connectivity index (χ3v) is 4.31. The summed E-state index contributed by atoms with van der Waals surface area (Å²) in [6.07, 6.45) is 4.66. The molecule has 7 heteroatoms. The van der Waals surface area contributed by atoms with Gasteiger partial charge in [0.05, 0.1) is 24.9 Å². The van der Waals surface area contributed by atoms with Gasteiger partial charge in [0, 0.05) is 24.7 Å². The fraction of sp³-hybridized carbons (Fsp3) is 0.143. The zero-order valence-electron chi connectivity index (χ0n) is 15.5. The molecule has 0 aliphatic heterocycles. The topological polar surface area (TPSA) is 100 Å². The van der Waals surface area contributed by atoms with Gasteiger partial charge in [-0.05, 0) is 36.2 Å². The normalized spacial score (nSPS) is 10.8. The molecule has 3 aromatic rings. The van der Waals surface area contributed by atoms with Crippen LogP contribution in [0.25, 0.3) is 0 Å². The van der Waals surface area contributed by atoms with Crippen LogP contribution in [-0.4, -0.2) is 28.0 Å². The van der Waals surface area contributed by atoms with Crippen LogP contribution in [0, 0.1) is 18.3 Å². The van der Waals surface area contributed by atoms with Crippen LogP contribution < -0.4 is 10.3 Å². The number of nitrogens with zero attached hydrogens (tertiary/aromatic N) is 4. The molecule has 0 aliphatic rings. The Kier molecular flexibility index (Phi) is 5.51. The largest absolute Gasteiger partial charge is 0.497 e. The van der Waals surface area contributed by atoms with Crippen molar-refractivity contribution in [3.8, 4) is 17.7 Å². The summed E-state index contributed by atoms with van der Waals surface area (Å²) in [6.45, 7) is 1.70. The van der Waals surface area contributed by atoms with Gasteiger partial charge in [0.15, 0.2) is 0 Å². The van der Waals surface area contributed by atoms with E-state index in [1.54, 1.807) is 62.8 Å². The van der Waals surface area contributed by atoms with Gasteiger partial charge >= 0.3 is 0 Å². The highest BCUT2D eigenvalue weighted by Gasteiger charge is 2.18. The van der Waals surface area contributed by atoms with E-state index in [0.717, 1.165) is 10.1 Å². The fourth-order valence-electron chi connectivity index (χ4n) is 2.78. The van der Waals surface area contributed by atoms with Crippen molar-refractivity contribution in [2.45, 2.75) is 13.5 Å². The van der Waals surface area contributed by atoms with Gasteiger partial charge in [-0.15, -0.1) is 0 Å². The van der Waals surface area contributed by atoms with Gasteiger partial charge < -0.3 is 9.84 Å². The summed E-state index contributed by atoms with van der Waals surface area (Å²) in [7, 11) is 1.56. The summed E-state index contributed by atoms with van der Waals surface area (Å²) < 4.78 is 6.32. The third-order valence-electron chi connectivity index (χ3n) is 4.31. The predicted octanol–water partition coefficient (Wildman–Crippen LogP) is 2.94. The maximum atomic E-state index is 12.7. The van der Waals surface area contributed by atoms with Gasteiger partial charge in [0.25, 0.3) is 5.56 Å². The van der Waals surface area contributed by atoms with E-state index in [0.29, 0.717) is 22.6 Å². The highest BCUT2D eigenvalue weighted by Crippen LogP contribution is 2.23. The lowest BCUT2D eigenvalue weighted by Gasteiger charge is -2.14. The average Bonchev–Trinajstić information content (AvgIpc) is 2.72. The second-order valence-corrected chi connectivity index (χ2v) is 6.06. The Labute approximate surface area is 161 Å². The minimum atomic E-state index is -0.556. The van der Waals surface area contributed by atoms with Gasteiger partial charge in [0.1, 0.15) is 17.4 Å². The number of methoxy groups -OCH3 is 1. The highest BCUT2D eigenvalue weighted by molar-refractivity contribution is 5.87. The quantitative estimate of drug-likeness (QED) is 0.692. The van der Waals surface area contributed by atoms with Crippen molar-refractivity contribution in [3.05, 3.63) is 81.4 Å². The zero-order valence-corrected chi connectivity index (χ0v) is 15.5. The van der Waals surface area contributed by atoms with E-state index in [9.17, 15) is 15.2 Å². The first kappa shape index (κ1) is 18.9. The van der Waals surface area contributed by atoms with E-state index in [4.69, 9.17) is 4.74 Å². The number of pyridine rings is 2. The molecule has 2 heterocycles. The summed E-state index contributed by atoms with van der Waals surface area (Å²) in [6, 6.07) is 12.6. The number of nitriles is 1. The van der Waals surface area contributed by atoms with Crippen LogP contribution in [0.2, 0.25) is 0 Å². The standard InChI is InChI=1S/C21H18N4O3/c1-14-18(10-22)20(26)25(13-15-5-4-8-23-11-15)21(27)19(14)12-24-16-6-3-7-17(9-16)28-2/h3-9,11-12,27H,13H2,1-2H3. The van der Waals surface area contributed by atoms with Crippen LogP contribution in [0.15, 0.2) is 58.6 Å². The molecule has 0 amide bonds. The van der Waals surface area contributed by atoms with Crippen LogP contribution in [0.3, 0.4) is 0 Å². The summed E-state index contributed by atoms with van der Waals surface area (Å²) in [5.74, 6) is 0.395. The molecule has 1 N–H and O–H groups in total. The van der Waals surface area contributed by atoms with Crippen molar-refractivity contribution in [1.29, 1.82) is 5.26 Å². The molecule has 0 spiro atoms. The van der Waals surface area contributed by atoms with Crippen molar-refractivity contribution in [2.75, 3.05) is 7.11 Å². The lowest BCUT2D eigenvalue weighted by molar-refractivity contribution is 0.413. The van der Waals surface area contributed by atoms with Crippen LogP contribution in [0.5, 0.6) is 11.6 Å². The second kappa shape index (κ2) is 8.18. The van der Waals surface area contributed by atoms with Crippen molar-refractivity contribution < 1.29 is 9.84 Å². The average molecular weight is 374 g/mol. The van der Waals surface area contributed by atoms with E-state index in [1.165, 1.54) is 6.21 Å². The Balaban J connectivity index is 2.10.